The summed E-state index contributed by atoms with van der Waals surface area (Å²) in [6.07, 6.45) is 3.34. The normalized spacial score (nSPS) is 25.7. The Kier molecular flexibility index (Phi) is 6.06. The van der Waals surface area contributed by atoms with E-state index in [1.165, 1.54) is 0 Å². The van der Waals surface area contributed by atoms with Gasteiger partial charge in [0.25, 0.3) is 5.56 Å². The lowest BCUT2D eigenvalue weighted by molar-refractivity contribution is 0.122. The lowest BCUT2D eigenvalue weighted by Crippen LogP contribution is -2.45. The van der Waals surface area contributed by atoms with Gasteiger partial charge in [-0.25, -0.2) is 0 Å². The van der Waals surface area contributed by atoms with Crippen molar-refractivity contribution < 1.29 is 4.74 Å². The molecule has 5 rings (SSSR count). The lowest BCUT2D eigenvalue weighted by Gasteiger charge is -2.32. The van der Waals surface area contributed by atoms with Gasteiger partial charge in [0.15, 0.2) is 0 Å². The Bertz CT molecular complexity index is 944. The van der Waals surface area contributed by atoms with Crippen LogP contribution >= 0.6 is 11.8 Å². The molecule has 0 radical (unpaired) electrons. The monoisotopic (exact) mass is 442 g/mol. The lowest BCUT2D eigenvalue weighted by atomic mass is 9.99. The molecule has 1 aromatic carbocycles. The molecule has 3 aliphatic rings. The number of morpholine rings is 1. The van der Waals surface area contributed by atoms with E-state index in [4.69, 9.17) is 9.72 Å². The van der Waals surface area contributed by atoms with E-state index in [2.05, 4.69) is 44.9 Å². The molecule has 8 nitrogen and oxygen atoms in total. The second-order valence-corrected chi connectivity index (χ2v) is 9.47. The Morgan fingerprint density at radius 1 is 1.26 bits per heavy atom. The first-order valence-corrected chi connectivity index (χ1v) is 12.1. The topological polar surface area (TPSA) is 94.3 Å². The van der Waals surface area contributed by atoms with Crippen LogP contribution in [0.1, 0.15) is 37.1 Å². The average Bonchev–Trinajstić information content (AvgIpc) is 3.23. The number of aromatic nitrogens is 2. The molecule has 1 unspecified atom stereocenters. The number of hydrogen-bond acceptors (Lipinski definition) is 8. The maximum atomic E-state index is 13.3. The third-order valence-corrected chi connectivity index (χ3v) is 7.48. The molecule has 0 aliphatic carbocycles. The van der Waals surface area contributed by atoms with Crippen molar-refractivity contribution in [3.05, 3.63) is 40.2 Å². The number of benzene rings is 1. The van der Waals surface area contributed by atoms with E-state index >= 15 is 0 Å². The predicted molar refractivity (Wildman–Crippen MR) is 125 cm³/mol. The zero-order chi connectivity index (χ0) is 21.2. The highest BCUT2D eigenvalue weighted by molar-refractivity contribution is 8.00. The summed E-state index contributed by atoms with van der Waals surface area (Å²) < 4.78 is 5.47. The fourth-order valence-electron chi connectivity index (χ4n) is 4.45. The molecule has 3 atom stereocenters. The van der Waals surface area contributed by atoms with Crippen molar-refractivity contribution in [1.82, 2.24) is 15.3 Å². The number of fused-ring (bicyclic) bond motifs is 1. The van der Waals surface area contributed by atoms with Gasteiger partial charge in [-0.05, 0) is 31.4 Å². The molecule has 2 fully saturated rings. The molecule has 0 bridgehead atoms. The highest BCUT2D eigenvalue weighted by Crippen LogP contribution is 2.46. The number of aromatic amines is 1. The molecule has 0 spiro atoms. The number of thioether (sulfide) groups is 1. The SMILES string of the molecule is CC[C@@H]1CC[C@@H](Nc2nc(N3CCOCC3)[nH]c(=O)c2C2Nc3ccccc3S2)CN1. The summed E-state index contributed by atoms with van der Waals surface area (Å²) in [7, 11) is 0. The molecule has 1 aromatic heterocycles. The van der Waals surface area contributed by atoms with Crippen molar-refractivity contribution in [2.45, 2.75) is 48.5 Å². The van der Waals surface area contributed by atoms with E-state index in [0.29, 0.717) is 36.6 Å². The van der Waals surface area contributed by atoms with Crippen molar-refractivity contribution in [2.75, 3.05) is 48.4 Å². The Morgan fingerprint density at radius 2 is 2.10 bits per heavy atom. The minimum Gasteiger partial charge on any atom is -0.378 e. The molecule has 2 aromatic rings. The summed E-state index contributed by atoms with van der Waals surface area (Å²) in [5.74, 6) is 1.31. The Hall–Kier alpha value is -2.23. The minimum absolute atomic E-state index is 0.0907. The standard InChI is InChI=1S/C22H30N6O2S/c1-2-14-7-8-15(13-23-14)24-19-18(21-25-16-5-3-4-6-17(16)31-21)20(29)27-22(26-19)28-9-11-30-12-10-28/h3-6,14-15,21,23,25H,2,7-13H2,1H3,(H2,24,26,27,29)/t14-,15-,21?/m1/s1. The number of anilines is 3. The molecule has 0 amide bonds. The quantitative estimate of drug-likeness (QED) is 0.562. The van der Waals surface area contributed by atoms with E-state index in [0.717, 1.165) is 49.5 Å². The van der Waals surface area contributed by atoms with Crippen molar-refractivity contribution in [1.29, 1.82) is 0 Å². The average molecular weight is 443 g/mol. The van der Waals surface area contributed by atoms with E-state index in [-0.39, 0.29) is 17.0 Å². The molecule has 2 saturated heterocycles. The van der Waals surface area contributed by atoms with Crippen LogP contribution in [0.2, 0.25) is 0 Å². The molecule has 166 valence electrons. The second-order valence-electron chi connectivity index (χ2n) is 8.32. The maximum Gasteiger partial charge on any atom is 0.260 e. The van der Waals surface area contributed by atoms with Crippen molar-refractivity contribution >= 4 is 29.2 Å². The van der Waals surface area contributed by atoms with Crippen LogP contribution in [0.3, 0.4) is 0 Å². The van der Waals surface area contributed by atoms with E-state index in [9.17, 15) is 4.79 Å². The summed E-state index contributed by atoms with van der Waals surface area (Å²) >= 11 is 1.66. The molecule has 31 heavy (non-hydrogen) atoms. The highest BCUT2D eigenvalue weighted by Gasteiger charge is 2.31. The van der Waals surface area contributed by atoms with Crippen LogP contribution in [0.25, 0.3) is 0 Å². The number of piperidine rings is 1. The first-order valence-electron chi connectivity index (χ1n) is 11.2. The van der Waals surface area contributed by atoms with Gasteiger partial charge in [0.2, 0.25) is 5.95 Å². The largest absolute Gasteiger partial charge is 0.378 e. The summed E-state index contributed by atoms with van der Waals surface area (Å²) in [5, 5.41) is 10.6. The van der Waals surface area contributed by atoms with Crippen LogP contribution in [0.5, 0.6) is 0 Å². The number of nitrogens with zero attached hydrogens (tertiary/aromatic N) is 2. The van der Waals surface area contributed by atoms with E-state index in [1.54, 1.807) is 11.8 Å². The first kappa shape index (κ1) is 20.7. The summed E-state index contributed by atoms with van der Waals surface area (Å²) in [5.41, 5.74) is 1.63. The fraction of sp³-hybridized carbons (Fsp3) is 0.545. The van der Waals surface area contributed by atoms with Gasteiger partial charge in [0.1, 0.15) is 11.2 Å². The Morgan fingerprint density at radius 3 is 2.84 bits per heavy atom. The number of nitrogens with one attached hydrogen (secondary N) is 4. The Balaban J connectivity index is 1.45. The van der Waals surface area contributed by atoms with Gasteiger partial charge in [0, 0.05) is 42.3 Å². The minimum atomic E-state index is -0.171. The van der Waals surface area contributed by atoms with Gasteiger partial charge >= 0.3 is 0 Å². The Labute approximate surface area is 186 Å². The number of rotatable bonds is 5. The van der Waals surface area contributed by atoms with Crippen LogP contribution in [0.4, 0.5) is 17.5 Å². The molecule has 3 aliphatic heterocycles. The first-order chi connectivity index (χ1) is 15.2. The third kappa shape index (κ3) is 4.40. The smallest absolute Gasteiger partial charge is 0.260 e. The second kappa shape index (κ2) is 9.10. The molecular weight excluding hydrogens is 412 g/mol. The highest BCUT2D eigenvalue weighted by atomic mass is 32.2. The van der Waals surface area contributed by atoms with Crippen LogP contribution in [-0.4, -0.2) is 54.9 Å². The number of para-hydroxylation sites is 1. The summed E-state index contributed by atoms with van der Waals surface area (Å²) in [4.78, 5) is 24.5. The van der Waals surface area contributed by atoms with Gasteiger partial charge in [0.05, 0.1) is 18.8 Å². The predicted octanol–water partition coefficient (Wildman–Crippen LogP) is 2.77. The zero-order valence-corrected chi connectivity index (χ0v) is 18.6. The van der Waals surface area contributed by atoms with E-state index < -0.39 is 0 Å². The zero-order valence-electron chi connectivity index (χ0n) is 17.8. The molecule has 4 heterocycles. The van der Waals surface area contributed by atoms with Crippen LogP contribution in [0, 0.1) is 0 Å². The van der Waals surface area contributed by atoms with Gasteiger partial charge in [-0.1, -0.05) is 30.8 Å². The van der Waals surface area contributed by atoms with Crippen LogP contribution < -0.4 is 26.4 Å². The molecule has 4 N–H and O–H groups in total. The third-order valence-electron chi connectivity index (χ3n) is 6.28. The molecule has 0 saturated carbocycles. The van der Waals surface area contributed by atoms with Gasteiger partial charge in [-0.3, -0.25) is 9.78 Å². The number of hydrogen-bond donors (Lipinski definition) is 4. The van der Waals surface area contributed by atoms with Gasteiger partial charge in [-0.2, -0.15) is 4.98 Å². The van der Waals surface area contributed by atoms with Crippen molar-refractivity contribution in [3.63, 3.8) is 0 Å². The van der Waals surface area contributed by atoms with Crippen LogP contribution in [-0.2, 0) is 4.74 Å². The maximum absolute atomic E-state index is 13.3. The summed E-state index contributed by atoms with van der Waals surface area (Å²) in [6.45, 7) is 5.85. The fourth-order valence-corrected chi connectivity index (χ4v) is 5.63. The van der Waals surface area contributed by atoms with Crippen LogP contribution in [0.15, 0.2) is 34.0 Å². The van der Waals surface area contributed by atoms with Crippen molar-refractivity contribution in [3.8, 4) is 0 Å². The molecular formula is C22H30N6O2S. The van der Waals surface area contributed by atoms with Gasteiger partial charge < -0.3 is 25.6 Å². The number of ether oxygens (including phenoxy) is 1. The van der Waals surface area contributed by atoms with Crippen molar-refractivity contribution in [2.24, 2.45) is 0 Å². The summed E-state index contributed by atoms with van der Waals surface area (Å²) in [6, 6.07) is 9.00. The van der Waals surface area contributed by atoms with Gasteiger partial charge in [-0.15, -0.1) is 0 Å². The number of H-pyrrole nitrogens is 1. The van der Waals surface area contributed by atoms with E-state index in [1.807, 2.05) is 12.1 Å². The molecule has 9 heteroatoms.